The molecular formula is C20H18N4O3. The standard InChI is InChI=1S/C20H18N4O3/c1-12-7-15-8-13(4-5-17(15)27-12)20(26)22-11-16-9-18(25)24-19(23-16)14-3-2-6-21-10-14/h2-6,8-10,12H,7,11H2,1H3,(H,22,26)(H,23,24,25)/t12-/m1/s1. The normalized spacial score (nSPS) is 15.1. The van der Waals surface area contributed by atoms with Gasteiger partial charge in [-0.15, -0.1) is 0 Å². The van der Waals surface area contributed by atoms with Crippen LogP contribution in [0.15, 0.2) is 53.6 Å². The summed E-state index contributed by atoms with van der Waals surface area (Å²) >= 11 is 0. The molecule has 7 heteroatoms. The van der Waals surface area contributed by atoms with Crippen LogP contribution in [0.25, 0.3) is 11.4 Å². The quantitative estimate of drug-likeness (QED) is 0.741. The lowest BCUT2D eigenvalue weighted by atomic mass is 10.1. The lowest BCUT2D eigenvalue weighted by molar-refractivity contribution is 0.0950. The summed E-state index contributed by atoms with van der Waals surface area (Å²) in [6, 6.07) is 10.3. The Hall–Kier alpha value is -3.48. The highest BCUT2D eigenvalue weighted by Crippen LogP contribution is 2.29. The van der Waals surface area contributed by atoms with Crippen LogP contribution >= 0.6 is 0 Å². The maximum absolute atomic E-state index is 12.5. The van der Waals surface area contributed by atoms with Crippen LogP contribution in [-0.4, -0.2) is 27.0 Å². The van der Waals surface area contributed by atoms with Crippen LogP contribution in [0, 0.1) is 0 Å². The van der Waals surface area contributed by atoms with Gasteiger partial charge < -0.3 is 15.0 Å². The van der Waals surface area contributed by atoms with Gasteiger partial charge in [0.15, 0.2) is 0 Å². The molecule has 1 aromatic carbocycles. The Labute approximate surface area is 155 Å². The summed E-state index contributed by atoms with van der Waals surface area (Å²) in [7, 11) is 0. The Morgan fingerprint density at radius 1 is 1.33 bits per heavy atom. The summed E-state index contributed by atoms with van der Waals surface area (Å²) in [6.45, 7) is 2.15. The molecule has 0 aliphatic carbocycles. The highest BCUT2D eigenvalue weighted by Gasteiger charge is 2.20. The van der Waals surface area contributed by atoms with Crippen molar-refractivity contribution in [1.82, 2.24) is 20.3 Å². The molecule has 3 heterocycles. The Kier molecular flexibility index (Phi) is 4.42. The van der Waals surface area contributed by atoms with E-state index in [1.54, 1.807) is 30.6 Å². The third-order valence-corrected chi connectivity index (χ3v) is 4.32. The van der Waals surface area contributed by atoms with Gasteiger partial charge in [-0.3, -0.25) is 14.6 Å². The minimum Gasteiger partial charge on any atom is -0.490 e. The van der Waals surface area contributed by atoms with Gasteiger partial charge in [-0.25, -0.2) is 4.98 Å². The zero-order chi connectivity index (χ0) is 18.8. The van der Waals surface area contributed by atoms with E-state index in [2.05, 4.69) is 20.3 Å². The third kappa shape index (κ3) is 3.72. The summed E-state index contributed by atoms with van der Waals surface area (Å²) < 4.78 is 5.65. The molecule has 1 atom stereocenters. The molecule has 0 fully saturated rings. The number of amides is 1. The molecule has 4 rings (SSSR count). The van der Waals surface area contributed by atoms with Crippen LogP contribution in [0.4, 0.5) is 0 Å². The predicted octanol–water partition coefficient (Wildman–Crippen LogP) is 2.09. The van der Waals surface area contributed by atoms with Gasteiger partial charge >= 0.3 is 0 Å². The van der Waals surface area contributed by atoms with Gasteiger partial charge in [-0.1, -0.05) is 0 Å². The number of aromatic nitrogens is 3. The molecule has 0 saturated carbocycles. The number of aromatic amines is 1. The Morgan fingerprint density at radius 2 is 2.22 bits per heavy atom. The number of carbonyl (C=O) groups excluding carboxylic acids is 1. The van der Waals surface area contributed by atoms with Gasteiger partial charge in [0.05, 0.1) is 12.2 Å². The molecule has 0 unspecified atom stereocenters. The number of hydrogen-bond donors (Lipinski definition) is 2. The lowest BCUT2D eigenvalue weighted by Crippen LogP contribution is -2.24. The van der Waals surface area contributed by atoms with Gasteiger partial charge in [0.25, 0.3) is 11.5 Å². The molecule has 1 aliphatic rings. The lowest BCUT2D eigenvalue weighted by Gasteiger charge is -2.07. The number of fused-ring (bicyclic) bond motifs is 1. The van der Waals surface area contributed by atoms with E-state index in [0.717, 1.165) is 17.7 Å². The molecule has 0 saturated heterocycles. The van der Waals surface area contributed by atoms with E-state index >= 15 is 0 Å². The van der Waals surface area contributed by atoms with Crippen molar-refractivity contribution in [2.45, 2.75) is 26.0 Å². The minimum atomic E-state index is -0.281. The molecule has 0 spiro atoms. The summed E-state index contributed by atoms with van der Waals surface area (Å²) in [5.74, 6) is 1.03. The van der Waals surface area contributed by atoms with Gasteiger partial charge in [0, 0.05) is 36.0 Å². The van der Waals surface area contributed by atoms with E-state index in [1.807, 2.05) is 19.1 Å². The average Bonchev–Trinajstić information content (AvgIpc) is 3.05. The van der Waals surface area contributed by atoms with Gasteiger partial charge in [-0.05, 0) is 42.8 Å². The zero-order valence-electron chi connectivity index (χ0n) is 14.7. The summed E-state index contributed by atoms with van der Waals surface area (Å²) in [5, 5.41) is 2.81. The van der Waals surface area contributed by atoms with Crippen LogP contribution in [0.1, 0.15) is 28.5 Å². The van der Waals surface area contributed by atoms with Gasteiger partial charge in [0.2, 0.25) is 0 Å². The summed E-state index contributed by atoms with van der Waals surface area (Å²) in [5.41, 5.74) is 2.49. The van der Waals surface area contributed by atoms with E-state index in [-0.39, 0.29) is 24.1 Å². The topological polar surface area (TPSA) is 97.0 Å². The average molecular weight is 362 g/mol. The van der Waals surface area contributed by atoms with E-state index in [4.69, 9.17) is 4.74 Å². The van der Waals surface area contributed by atoms with Crippen LogP contribution in [0.5, 0.6) is 5.75 Å². The number of hydrogen-bond acceptors (Lipinski definition) is 5. The Morgan fingerprint density at radius 3 is 3.04 bits per heavy atom. The third-order valence-electron chi connectivity index (χ3n) is 4.32. The first-order valence-corrected chi connectivity index (χ1v) is 8.67. The van der Waals surface area contributed by atoms with E-state index in [1.165, 1.54) is 6.07 Å². The first-order chi connectivity index (χ1) is 13.1. The summed E-state index contributed by atoms with van der Waals surface area (Å²) in [6.07, 6.45) is 4.19. The number of rotatable bonds is 4. The fourth-order valence-corrected chi connectivity index (χ4v) is 3.07. The zero-order valence-corrected chi connectivity index (χ0v) is 14.7. The van der Waals surface area contributed by atoms with Crippen molar-refractivity contribution in [3.05, 3.63) is 76.0 Å². The number of nitrogens with one attached hydrogen (secondary N) is 2. The van der Waals surface area contributed by atoms with Gasteiger partial charge in [-0.2, -0.15) is 0 Å². The van der Waals surface area contributed by atoms with E-state index in [0.29, 0.717) is 22.6 Å². The molecule has 2 N–H and O–H groups in total. The van der Waals surface area contributed by atoms with Crippen molar-refractivity contribution >= 4 is 5.91 Å². The molecule has 2 aromatic heterocycles. The van der Waals surface area contributed by atoms with Crippen molar-refractivity contribution in [2.75, 3.05) is 0 Å². The predicted molar refractivity (Wildman–Crippen MR) is 99.5 cm³/mol. The second-order valence-electron chi connectivity index (χ2n) is 6.46. The molecule has 0 bridgehead atoms. The van der Waals surface area contributed by atoms with Crippen LogP contribution in [-0.2, 0) is 13.0 Å². The number of H-pyrrole nitrogens is 1. The monoisotopic (exact) mass is 362 g/mol. The molecule has 27 heavy (non-hydrogen) atoms. The Balaban J connectivity index is 1.49. The second kappa shape index (κ2) is 7.03. The van der Waals surface area contributed by atoms with Crippen LogP contribution < -0.4 is 15.6 Å². The van der Waals surface area contributed by atoms with Crippen LogP contribution in [0.2, 0.25) is 0 Å². The van der Waals surface area contributed by atoms with Crippen molar-refractivity contribution in [2.24, 2.45) is 0 Å². The number of benzene rings is 1. The van der Waals surface area contributed by atoms with E-state index in [9.17, 15) is 9.59 Å². The maximum Gasteiger partial charge on any atom is 0.251 e. The molecular weight excluding hydrogens is 344 g/mol. The Bertz CT molecular complexity index is 1050. The molecule has 3 aromatic rings. The molecule has 0 radical (unpaired) electrons. The first kappa shape index (κ1) is 17.0. The molecule has 136 valence electrons. The van der Waals surface area contributed by atoms with Crippen LogP contribution in [0.3, 0.4) is 0 Å². The van der Waals surface area contributed by atoms with Gasteiger partial charge in [0.1, 0.15) is 17.7 Å². The molecule has 1 aliphatic heterocycles. The number of nitrogens with zero attached hydrogens (tertiary/aromatic N) is 2. The number of carbonyl (C=O) groups is 1. The first-order valence-electron chi connectivity index (χ1n) is 8.67. The van der Waals surface area contributed by atoms with Crippen molar-refractivity contribution in [3.63, 3.8) is 0 Å². The fraction of sp³-hybridized carbons (Fsp3) is 0.200. The minimum absolute atomic E-state index is 0.129. The number of pyridine rings is 1. The summed E-state index contributed by atoms with van der Waals surface area (Å²) in [4.78, 5) is 35.5. The van der Waals surface area contributed by atoms with E-state index < -0.39 is 0 Å². The highest BCUT2D eigenvalue weighted by molar-refractivity contribution is 5.94. The SMILES string of the molecule is C[C@@H]1Cc2cc(C(=O)NCc3cc(=O)[nH]c(-c4cccnc4)n3)ccc2O1. The fourth-order valence-electron chi connectivity index (χ4n) is 3.07. The second-order valence-corrected chi connectivity index (χ2v) is 6.46. The number of ether oxygens (including phenoxy) is 1. The molecule has 7 nitrogen and oxygen atoms in total. The largest absolute Gasteiger partial charge is 0.490 e. The highest BCUT2D eigenvalue weighted by atomic mass is 16.5. The molecule has 1 amide bonds. The maximum atomic E-state index is 12.5. The smallest absolute Gasteiger partial charge is 0.251 e. The van der Waals surface area contributed by atoms with Crippen molar-refractivity contribution in [1.29, 1.82) is 0 Å². The van der Waals surface area contributed by atoms with Crippen molar-refractivity contribution < 1.29 is 9.53 Å². The van der Waals surface area contributed by atoms with Crippen molar-refractivity contribution in [3.8, 4) is 17.1 Å².